The Bertz CT molecular complexity index is 766. The lowest BCUT2D eigenvalue weighted by atomic mass is 10.00. The predicted molar refractivity (Wildman–Crippen MR) is 109 cm³/mol. The van der Waals surface area contributed by atoms with Gasteiger partial charge in [-0.2, -0.15) is 0 Å². The fourth-order valence-corrected chi connectivity index (χ4v) is 2.89. The van der Waals surface area contributed by atoms with E-state index in [0.717, 1.165) is 23.3 Å². The second kappa shape index (κ2) is 10.5. The minimum Gasteiger partial charge on any atom is -0.497 e. The van der Waals surface area contributed by atoms with Crippen molar-refractivity contribution in [2.75, 3.05) is 13.7 Å². The first kappa shape index (κ1) is 21.5. The first-order valence-corrected chi connectivity index (χ1v) is 9.54. The molecular formula is C23H29NO4. The van der Waals surface area contributed by atoms with Crippen LogP contribution in [-0.2, 0) is 27.2 Å². The van der Waals surface area contributed by atoms with E-state index < -0.39 is 5.97 Å². The number of esters is 1. The molecule has 2 aromatic rings. The first-order chi connectivity index (χ1) is 13.4. The average molecular weight is 383 g/mol. The molecule has 0 bridgehead atoms. The smallest absolute Gasteiger partial charge is 0.310 e. The van der Waals surface area contributed by atoms with Gasteiger partial charge in [-0.1, -0.05) is 50.2 Å². The van der Waals surface area contributed by atoms with Crippen molar-refractivity contribution in [2.45, 2.75) is 39.7 Å². The number of rotatable bonds is 9. The number of carbonyl (C=O) groups is 2. The van der Waals surface area contributed by atoms with Crippen LogP contribution in [0.1, 0.15) is 43.5 Å². The number of benzene rings is 2. The summed E-state index contributed by atoms with van der Waals surface area (Å²) in [6.45, 7) is 6.00. The SMILES string of the molecule is COc1ccc(CC(=O)OCC(=O)N[C@H](C)c2ccc(CC(C)C)cc2)cc1. The van der Waals surface area contributed by atoms with Crippen LogP contribution in [0.5, 0.6) is 5.75 Å². The van der Waals surface area contributed by atoms with Gasteiger partial charge in [0.15, 0.2) is 6.61 Å². The van der Waals surface area contributed by atoms with E-state index in [1.807, 2.05) is 19.1 Å². The van der Waals surface area contributed by atoms with E-state index in [0.29, 0.717) is 5.92 Å². The molecule has 0 spiro atoms. The molecular weight excluding hydrogens is 354 g/mol. The Morgan fingerprint density at radius 3 is 2.11 bits per heavy atom. The zero-order chi connectivity index (χ0) is 20.5. The van der Waals surface area contributed by atoms with Gasteiger partial charge >= 0.3 is 5.97 Å². The lowest BCUT2D eigenvalue weighted by Crippen LogP contribution is -2.31. The second-order valence-corrected chi connectivity index (χ2v) is 7.31. The molecule has 2 aromatic carbocycles. The molecule has 0 saturated carbocycles. The van der Waals surface area contributed by atoms with E-state index in [9.17, 15) is 9.59 Å². The largest absolute Gasteiger partial charge is 0.497 e. The Morgan fingerprint density at radius 2 is 1.54 bits per heavy atom. The molecule has 1 atom stereocenters. The first-order valence-electron chi connectivity index (χ1n) is 9.54. The molecule has 5 heteroatoms. The summed E-state index contributed by atoms with van der Waals surface area (Å²) in [5, 5.41) is 2.86. The summed E-state index contributed by atoms with van der Waals surface area (Å²) in [6, 6.07) is 15.2. The van der Waals surface area contributed by atoms with Gasteiger partial charge in [-0.05, 0) is 48.1 Å². The van der Waals surface area contributed by atoms with Crippen LogP contribution >= 0.6 is 0 Å². The monoisotopic (exact) mass is 383 g/mol. The maximum atomic E-state index is 12.1. The van der Waals surface area contributed by atoms with Crippen LogP contribution in [-0.4, -0.2) is 25.6 Å². The lowest BCUT2D eigenvalue weighted by molar-refractivity contribution is -0.148. The molecule has 1 N–H and O–H groups in total. The number of methoxy groups -OCH3 is 1. The van der Waals surface area contributed by atoms with Crippen molar-refractivity contribution >= 4 is 11.9 Å². The van der Waals surface area contributed by atoms with Gasteiger partial charge in [-0.15, -0.1) is 0 Å². The highest BCUT2D eigenvalue weighted by atomic mass is 16.5. The summed E-state index contributed by atoms with van der Waals surface area (Å²) in [4.78, 5) is 24.0. The van der Waals surface area contributed by atoms with E-state index in [1.165, 1.54) is 5.56 Å². The quantitative estimate of drug-likeness (QED) is 0.668. The lowest BCUT2D eigenvalue weighted by Gasteiger charge is -2.15. The molecule has 0 aliphatic carbocycles. The van der Waals surface area contributed by atoms with Gasteiger partial charge in [0.2, 0.25) is 0 Å². The van der Waals surface area contributed by atoms with Gasteiger partial charge in [0.05, 0.1) is 19.6 Å². The molecule has 0 saturated heterocycles. The molecule has 0 radical (unpaired) electrons. The highest BCUT2D eigenvalue weighted by Crippen LogP contribution is 2.16. The predicted octanol–water partition coefficient (Wildman–Crippen LogP) is 3.86. The summed E-state index contributed by atoms with van der Waals surface area (Å²) in [7, 11) is 1.59. The maximum Gasteiger partial charge on any atom is 0.310 e. The fraction of sp³-hybridized carbons (Fsp3) is 0.391. The summed E-state index contributed by atoms with van der Waals surface area (Å²) in [5.41, 5.74) is 3.11. The topological polar surface area (TPSA) is 64.6 Å². The molecule has 2 rings (SSSR count). The zero-order valence-corrected chi connectivity index (χ0v) is 17.0. The third-order valence-electron chi connectivity index (χ3n) is 4.37. The Balaban J connectivity index is 1.76. The Hall–Kier alpha value is -2.82. The molecule has 0 aliphatic rings. The van der Waals surface area contributed by atoms with Gasteiger partial charge in [0, 0.05) is 0 Å². The minimum absolute atomic E-state index is 0.115. The van der Waals surface area contributed by atoms with Gasteiger partial charge in [-0.3, -0.25) is 9.59 Å². The van der Waals surface area contributed by atoms with Crippen molar-refractivity contribution in [3.63, 3.8) is 0 Å². The van der Waals surface area contributed by atoms with Crippen LogP contribution in [0.25, 0.3) is 0 Å². The van der Waals surface area contributed by atoms with E-state index in [1.54, 1.807) is 31.4 Å². The molecule has 5 nitrogen and oxygen atoms in total. The maximum absolute atomic E-state index is 12.1. The van der Waals surface area contributed by atoms with Gasteiger partial charge in [0.1, 0.15) is 5.75 Å². The molecule has 0 heterocycles. The third kappa shape index (κ3) is 7.06. The van der Waals surface area contributed by atoms with Crippen LogP contribution < -0.4 is 10.1 Å². The third-order valence-corrected chi connectivity index (χ3v) is 4.37. The number of hydrogen-bond acceptors (Lipinski definition) is 4. The molecule has 0 aromatic heterocycles. The van der Waals surface area contributed by atoms with Crippen LogP contribution in [0, 0.1) is 5.92 Å². The average Bonchev–Trinajstić information content (AvgIpc) is 2.67. The molecule has 0 unspecified atom stereocenters. The van der Waals surface area contributed by atoms with Crippen molar-refractivity contribution in [3.05, 3.63) is 65.2 Å². The van der Waals surface area contributed by atoms with Crippen molar-refractivity contribution in [2.24, 2.45) is 5.92 Å². The van der Waals surface area contributed by atoms with E-state index in [2.05, 4.69) is 31.3 Å². The standard InChI is InChI=1S/C23H29NO4/c1-16(2)13-18-5-9-20(10-6-18)17(3)24-22(25)15-28-23(26)14-19-7-11-21(27-4)12-8-19/h5-12,16-17H,13-15H2,1-4H3,(H,24,25)/t17-/m1/s1. The van der Waals surface area contributed by atoms with Crippen molar-refractivity contribution in [1.82, 2.24) is 5.32 Å². The minimum atomic E-state index is -0.439. The highest BCUT2D eigenvalue weighted by Gasteiger charge is 2.12. The summed E-state index contributed by atoms with van der Waals surface area (Å²) in [5.74, 6) is 0.575. The Kier molecular flexibility index (Phi) is 8.05. The molecule has 28 heavy (non-hydrogen) atoms. The second-order valence-electron chi connectivity index (χ2n) is 7.31. The van der Waals surface area contributed by atoms with Gasteiger partial charge in [0.25, 0.3) is 5.91 Å². The van der Waals surface area contributed by atoms with Crippen LogP contribution in [0.15, 0.2) is 48.5 Å². The molecule has 150 valence electrons. The Morgan fingerprint density at radius 1 is 0.929 bits per heavy atom. The van der Waals surface area contributed by atoms with Gasteiger partial charge in [-0.25, -0.2) is 0 Å². The van der Waals surface area contributed by atoms with Crippen molar-refractivity contribution in [1.29, 1.82) is 0 Å². The molecule has 0 fully saturated rings. The van der Waals surface area contributed by atoms with Crippen LogP contribution in [0.4, 0.5) is 0 Å². The molecule has 1 amide bonds. The number of ether oxygens (including phenoxy) is 2. The van der Waals surface area contributed by atoms with E-state index in [4.69, 9.17) is 9.47 Å². The number of amides is 1. The van der Waals surface area contributed by atoms with E-state index >= 15 is 0 Å². The van der Waals surface area contributed by atoms with Crippen molar-refractivity contribution < 1.29 is 19.1 Å². The number of nitrogens with one attached hydrogen (secondary N) is 1. The number of carbonyl (C=O) groups excluding carboxylic acids is 2. The summed E-state index contributed by atoms with van der Waals surface area (Å²) >= 11 is 0. The van der Waals surface area contributed by atoms with E-state index in [-0.39, 0.29) is 25.0 Å². The number of hydrogen-bond donors (Lipinski definition) is 1. The normalized spacial score (nSPS) is 11.8. The van der Waals surface area contributed by atoms with Crippen LogP contribution in [0.2, 0.25) is 0 Å². The van der Waals surface area contributed by atoms with Crippen molar-refractivity contribution in [3.8, 4) is 5.75 Å². The zero-order valence-electron chi connectivity index (χ0n) is 17.0. The Labute approximate surface area is 167 Å². The van der Waals surface area contributed by atoms with Gasteiger partial charge < -0.3 is 14.8 Å². The summed E-state index contributed by atoms with van der Waals surface area (Å²) < 4.78 is 10.2. The fourth-order valence-electron chi connectivity index (χ4n) is 2.89. The van der Waals surface area contributed by atoms with Crippen LogP contribution in [0.3, 0.4) is 0 Å². The summed E-state index contributed by atoms with van der Waals surface area (Å²) in [6.07, 6.45) is 1.15. The highest BCUT2D eigenvalue weighted by molar-refractivity contribution is 5.81. The molecule has 0 aliphatic heterocycles.